The van der Waals surface area contributed by atoms with Crippen molar-refractivity contribution in [3.05, 3.63) is 24.3 Å². The second-order valence-corrected chi connectivity index (χ2v) is 10.9. The lowest BCUT2D eigenvalue weighted by Crippen LogP contribution is -2.50. The summed E-state index contributed by atoms with van der Waals surface area (Å²) in [4.78, 5) is -1.18. The molecule has 1 rings (SSSR count). The molecule has 0 aliphatic rings. The van der Waals surface area contributed by atoms with Gasteiger partial charge in [-0.25, -0.2) is 0 Å². The van der Waals surface area contributed by atoms with Crippen LogP contribution in [0.1, 0.15) is 79.1 Å². The van der Waals surface area contributed by atoms with Gasteiger partial charge in [0.05, 0.1) is 36.0 Å². The SMILES string of the molecule is CCCC[N+](CCCC)(CCCC)CCCC.O=S(=O)(O)c1cccc(S(=O)(=O)O)c1. The Labute approximate surface area is 190 Å². The summed E-state index contributed by atoms with van der Waals surface area (Å²) in [6, 6.07) is 3.75. The Hall–Kier alpha value is -1.00. The summed E-state index contributed by atoms with van der Waals surface area (Å²) in [5.74, 6) is 0. The van der Waals surface area contributed by atoms with Crippen LogP contribution in [0.25, 0.3) is 0 Å². The molecular formula is C22H42NO6S2+. The lowest BCUT2D eigenvalue weighted by Gasteiger charge is -2.39. The number of unbranched alkanes of at least 4 members (excludes halogenated alkanes) is 4. The monoisotopic (exact) mass is 480 g/mol. The molecule has 31 heavy (non-hydrogen) atoms. The molecule has 1 aromatic carbocycles. The molecule has 7 nitrogen and oxygen atoms in total. The fourth-order valence-corrected chi connectivity index (χ4v) is 4.57. The maximum atomic E-state index is 10.6. The number of benzene rings is 1. The number of hydrogen-bond donors (Lipinski definition) is 2. The Morgan fingerprint density at radius 1 is 0.645 bits per heavy atom. The van der Waals surface area contributed by atoms with E-state index in [1.807, 2.05) is 0 Å². The van der Waals surface area contributed by atoms with Gasteiger partial charge in [0.1, 0.15) is 0 Å². The van der Waals surface area contributed by atoms with Crippen molar-refractivity contribution >= 4 is 20.2 Å². The fraction of sp³-hybridized carbons (Fsp3) is 0.727. The van der Waals surface area contributed by atoms with Crippen molar-refractivity contribution in [2.45, 2.75) is 88.9 Å². The van der Waals surface area contributed by atoms with Gasteiger partial charge >= 0.3 is 0 Å². The molecular weight excluding hydrogens is 438 g/mol. The summed E-state index contributed by atoms with van der Waals surface area (Å²) >= 11 is 0. The molecule has 0 saturated heterocycles. The van der Waals surface area contributed by atoms with Gasteiger partial charge in [0.15, 0.2) is 0 Å². The predicted octanol–water partition coefficient (Wildman–Crippen LogP) is 5.18. The highest BCUT2D eigenvalue weighted by Gasteiger charge is 2.24. The van der Waals surface area contributed by atoms with E-state index in [9.17, 15) is 16.8 Å². The zero-order valence-electron chi connectivity index (χ0n) is 19.6. The Bertz CT molecular complexity index is 737. The van der Waals surface area contributed by atoms with Crippen LogP contribution in [0.2, 0.25) is 0 Å². The Morgan fingerprint density at radius 3 is 1.16 bits per heavy atom. The smallest absolute Gasteiger partial charge is 0.294 e. The molecule has 0 heterocycles. The van der Waals surface area contributed by atoms with Crippen molar-refractivity contribution in [3.8, 4) is 0 Å². The van der Waals surface area contributed by atoms with Crippen LogP contribution >= 0.6 is 0 Å². The van der Waals surface area contributed by atoms with Gasteiger partial charge in [-0.05, 0) is 43.9 Å². The molecule has 0 bridgehead atoms. The summed E-state index contributed by atoms with van der Waals surface area (Å²) in [6.07, 6.45) is 11.1. The molecule has 0 atom stereocenters. The normalized spacial score (nSPS) is 12.3. The van der Waals surface area contributed by atoms with E-state index in [4.69, 9.17) is 9.11 Å². The average Bonchev–Trinajstić information content (AvgIpc) is 2.72. The molecule has 0 aliphatic carbocycles. The minimum Gasteiger partial charge on any atom is -0.324 e. The molecule has 0 aliphatic heterocycles. The maximum absolute atomic E-state index is 10.6. The Morgan fingerprint density at radius 2 is 0.935 bits per heavy atom. The summed E-state index contributed by atoms with van der Waals surface area (Å²) < 4.78 is 60.9. The zero-order chi connectivity index (χ0) is 24.0. The minimum atomic E-state index is -4.46. The molecule has 182 valence electrons. The molecule has 0 amide bonds. The summed E-state index contributed by atoms with van der Waals surface area (Å²) in [5.41, 5.74) is 0. The first kappa shape index (κ1) is 30.0. The number of hydrogen-bond acceptors (Lipinski definition) is 4. The Balaban J connectivity index is 0.000000590. The van der Waals surface area contributed by atoms with Gasteiger partial charge in [0.25, 0.3) is 20.2 Å². The van der Waals surface area contributed by atoms with Crippen LogP contribution in [0, 0.1) is 0 Å². The van der Waals surface area contributed by atoms with Gasteiger partial charge in [-0.3, -0.25) is 9.11 Å². The van der Waals surface area contributed by atoms with Crippen LogP contribution in [-0.2, 0) is 20.2 Å². The summed E-state index contributed by atoms with van der Waals surface area (Å²) in [7, 11) is -8.92. The van der Waals surface area contributed by atoms with E-state index >= 15 is 0 Å². The lowest BCUT2D eigenvalue weighted by molar-refractivity contribution is -0.929. The van der Waals surface area contributed by atoms with E-state index < -0.39 is 30.0 Å². The van der Waals surface area contributed by atoms with Crippen LogP contribution in [0.4, 0.5) is 0 Å². The van der Waals surface area contributed by atoms with Crippen LogP contribution in [-0.4, -0.2) is 56.6 Å². The van der Waals surface area contributed by atoms with E-state index in [2.05, 4.69) is 27.7 Å². The topological polar surface area (TPSA) is 109 Å². The second kappa shape index (κ2) is 14.9. The standard InChI is InChI=1S/C16H36N.C6H6O6S2/c1-5-9-13-17(14-10-6-2,15-11-7-3)16-12-8-4;7-13(8,9)5-2-1-3-6(4-5)14(10,11)12/h5-16H2,1-4H3;1-4H,(H,7,8,9)(H,10,11,12)/q+1;. The molecule has 2 N–H and O–H groups in total. The third kappa shape index (κ3) is 12.6. The number of quaternary nitrogens is 1. The van der Waals surface area contributed by atoms with Gasteiger partial charge in [0, 0.05) is 0 Å². The van der Waals surface area contributed by atoms with Crippen molar-refractivity contribution in [2.24, 2.45) is 0 Å². The summed E-state index contributed by atoms with van der Waals surface area (Å²) in [5, 5.41) is 0. The zero-order valence-corrected chi connectivity index (χ0v) is 21.2. The molecule has 0 unspecified atom stereocenters. The highest BCUT2D eigenvalue weighted by atomic mass is 32.2. The van der Waals surface area contributed by atoms with Crippen molar-refractivity contribution in [3.63, 3.8) is 0 Å². The maximum Gasteiger partial charge on any atom is 0.294 e. The molecule has 0 aromatic heterocycles. The highest BCUT2D eigenvalue weighted by molar-refractivity contribution is 7.86. The molecule has 0 saturated carbocycles. The van der Waals surface area contributed by atoms with Crippen LogP contribution in [0.15, 0.2) is 34.1 Å². The molecule has 0 spiro atoms. The van der Waals surface area contributed by atoms with E-state index in [-0.39, 0.29) is 0 Å². The van der Waals surface area contributed by atoms with E-state index in [0.717, 1.165) is 18.2 Å². The highest BCUT2D eigenvalue weighted by Crippen LogP contribution is 2.17. The third-order valence-electron chi connectivity index (χ3n) is 5.35. The average molecular weight is 481 g/mol. The van der Waals surface area contributed by atoms with Gasteiger partial charge < -0.3 is 4.48 Å². The van der Waals surface area contributed by atoms with Crippen LogP contribution in [0.5, 0.6) is 0 Å². The van der Waals surface area contributed by atoms with E-state index in [1.165, 1.54) is 82.0 Å². The lowest BCUT2D eigenvalue weighted by atomic mass is 10.1. The van der Waals surface area contributed by atoms with Crippen molar-refractivity contribution in [1.82, 2.24) is 0 Å². The van der Waals surface area contributed by atoms with E-state index in [0.29, 0.717) is 6.07 Å². The van der Waals surface area contributed by atoms with Gasteiger partial charge in [-0.2, -0.15) is 16.8 Å². The molecule has 0 fully saturated rings. The van der Waals surface area contributed by atoms with Gasteiger partial charge in [-0.1, -0.05) is 59.4 Å². The van der Waals surface area contributed by atoms with Gasteiger partial charge in [0.2, 0.25) is 0 Å². The number of rotatable bonds is 14. The number of nitrogens with zero attached hydrogens (tertiary/aromatic N) is 1. The van der Waals surface area contributed by atoms with Crippen LogP contribution < -0.4 is 0 Å². The molecule has 9 heteroatoms. The van der Waals surface area contributed by atoms with Gasteiger partial charge in [-0.15, -0.1) is 0 Å². The fourth-order valence-electron chi connectivity index (χ4n) is 3.44. The molecule has 0 radical (unpaired) electrons. The minimum absolute atomic E-state index is 0.590. The predicted molar refractivity (Wildman–Crippen MR) is 125 cm³/mol. The first-order chi connectivity index (χ1) is 14.5. The van der Waals surface area contributed by atoms with Crippen molar-refractivity contribution in [2.75, 3.05) is 26.2 Å². The third-order valence-corrected chi connectivity index (χ3v) is 7.04. The summed E-state index contributed by atoms with van der Waals surface area (Å²) in [6.45, 7) is 15.0. The first-order valence-corrected chi connectivity index (χ1v) is 14.2. The van der Waals surface area contributed by atoms with E-state index in [1.54, 1.807) is 0 Å². The molecule has 1 aromatic rings. The quantitative estimate of drug-likeness (QED) is 0.280. The van der Waals surface area contributed by atoms with Crippen molar-refractivity contribution < 1.29 is 30.4 Å². The Kier molecular flexibility index (Phi) is 14.5. The largest absolute Gasteiger partial charge is 0.324 e. The second-order valence-electron chi connectivity index (χ2n) is 8.08. The first-order valence-electron chi connectivity index (χ1n) is 11.4. The van der Waals surface area contributed by atoms with Crippen LogP contribution in [0.3, 0.4) is 0 Å². The van der Waals surface area contributed by atoms with Crippen molar-refractivity contribution in [1.29, 1.82) is 0 Å².